The fourth-order valence-electron chi connectivity index (χ4n) is 4.10. The molecule has 2 aromatic rings. The van der Waals surface area contributed by atoms with Crippen molar-refractivity contribution in [3.05, 3.63) is 52.7 Å². The van der Waals surface area contributed by atoms with Gasteiger partial charge in [-0.25, -0.2) is 4.79 Å². The lowest BCUT2D eigenvalue weighted by molar-refractivity contribution is -0.117. The van der Waals surface area contributed by atoms with Gasteiger partial charge >= 0.3 is 5.97 Å². The summed E-state index contributed by atoms with van der Waals surface area (Å²) in [6.07, 6.45) is 2.23. The van der Waals surface area contributed by atoms with Gasteiger partial charge in [-0.05, 0) is 52.5 Å². The van der Waals surface area contributed by atoms with Crippen LogP contribution in [0.3, 0.4) is 0 Å². The maximum Gasteiger partial charge on any atom is 0.354 e. The van der Waals surface area contributed by atoms with Crippen LogP contribution in [0.15, 0.2) is 30.3 Å². The SMILES string of the molecule is COC(=O)c1ccc(NC(=O)C(N)c2ccc3c(c2)C(C)(C)CCC3(C)C)n1C. The number of carbonyl (C=O) groups excluding carboxylic acids is 2. The number of nitrogens with one attached hydrogen (secondary N) is 1. The Morgan fingerprint density at radius 1 is 1.07 bits per heavy atom. The van der Waals surface area contributed by atoms with Crippen LogP contribution in [-0.2, 0) is 27.4 Å². The molecule has 3 rings (SSSR count). The first-order chi connectivity index (χ1) is 13.5. The van der Waals surface area contributed by atoms with Gasteiger partial charge in [-0.15, -0.1) is 0 Å². The Balaban J connectivity index is 1.86. The quantitative estimate of drug-likeness (QED) is 0.769. The third kappa shape index (κ3) is 3.81. The van der Waals surface area contributed by atoms with Crippen LogP contribution >= 0.6 is 0 Å². The Morgan fingerprint density at radius 3 is 2.31 bits per heavy atom. The van der Waals surface area contributed by atoms with Crippen molar-refractivity contribution in [2.24, 2.45) is 12.8 Å². The number of hydrogen-bond acceptors (Lipinski definition) is 4. The number of nitrogens with two attached hydrogens (primary N) is 1. The van der Waals surface area contributed by atoms with Crippen LogP contribution < -0.4 is 11.1 Å². The molecule has 0 fully saturated rings. The van der Waals surface area contributed by atoms with Crippen molar-refractivity contribution in [1.82, 2.24) is 4.57 Å². The molecule has 0 saturated carbocycles. The summed E-state index contributed by atoms with van der Waals surface area (Å²) in [5.41, 5.74) is 10.2. The number of carbonyl (C=O) groups is 2. The second-order valence-electron chi connectivity index (χ2n) is 9.19. The summed E-state index contributed by atoms with van der Waals surface area (Å²) in [5, 5.41) is 2.82. The summed E-state index contributed by atoms with van der Waals surface area (Å²) >= 11 is 0. The average Bonchev–Trinajstić information content (AvgIpc) is 3.04. The van der Waals surface area contributed by atoms with Crippen molar-refractivity contribution in [3.63, 3.8) is 0 Å². The van der Waals surface area contributed by atoms with Crippen molar-refractivity contribution < 1.29 is 14.3 Å². The fourth-order valence-corrected chi connectivity index (χ4v) is 4.10. The summed E-state index contributed by atoms with van der Waals surface area (Å²) in [6.45, 7) is 9.02. The Hall–Kier alpha value is -2.60. The number of methoxy groups -OCH3 is 1. The molecule has 0 spiro atoms. The summed E-state index contributed by atoms with van der Waals surface area (Å²) < 4.78 is 6.32. The molecule has 1 unspecified atom stereocenters. The summed E-state index contributed by atoms with van der Waals surface area (Å²) in [5.74, 6) is -0.294. The Labute approximate surface area is 172 Å². The molecule has 1 heterocycles. The normalized spacial score (nSPS) is 17.9. The minimum atomic E-state index is -0.808. The molecule has 1 amide bonds. The maximum atomic E-state index is 12.8. The van der Waals surface area contributed by atoms with Crippen LogP contribution in [0, 0.1) is 0 Å². The first-order valence-electron chi connectivity index (χ1n) is 9.93. The van der Waals surface area contributed by atoms with E-state index in [0.717, 1.165) is 18.4 Å². The Morgan fingerprint density at radius 2 is 1.69 bits per heavy atom. The van der Waals surface area contributed by atoms with Gasteiger partial charge in [0.05, 0.1) is 7.11 Å². The van der Waals surface area contributed by atoms with E-state index in [9.17, 15) is 9.59 Å². The number of esters is 1. The van der Waals surface area contributed by atoms with E-state index < -0.39 is 12.0 Å². The third-order valence-electron chi connectivity index (χ3n) is 6.29. The van der Waals surface area contributed by atoms with Crippen molar-refractivity contribution in [2.45, 2.75) is 57.4 Å². The fraction of sp³-hybridized carbons (Fsp3) is 0.478. The average molecular weight is 398 g/mol. The molecule has 156 valence electrons. The van der Waals surface area contributed by atoms with Crippen molar-refractivity contribution in [3.8, 4) is 0 Å². The van der Waals surface area contributed by atoms with Gasteiger partial charge in [-0.2, -0.15) is 0 Å². The van der Waals surface area contributed by atoms with Crippen LogP contribution in [0.25, 0.3) is 0 Å². The van der Waals surface area contributed by atoms with Crippen LogP contribution in [0.2, 0.25) is 0 Å². The maximum absolute atomic E-state index is 12.8. The highest BCUT2D eigenvalue weighted by Gasteiger charge is 2.37. The number of ether oxygens (including phenoxy) is 1. The predicted octanol–water partition coefficient (Wildman–Crippen LogP) is 3.80. The van der Waals surface area contributed by atoms with Crippen LogP contribution in [0.4, 0.5) is 5.82 Å². The molecule has 6 nitrogen and oxygen atoms in total. The van der Waals surface area contributed by atoms with Gasteiger partial charge < -0.3 is 20.4 Å². The second kappa shape index (κ2) is 7.34. The number of rotatable bonds is 4. The van der Waals surface area contributed by atoms with Gasteiger partial charge in [-0.3, -0.25) is 4.79 Å². The highest BCUT2D eigenvalue weighted by molar-refractivity contribution is 5.96. The van der Waals surface area contributed by atoms with E-state index in [1.807, 2.05) is 6.07 Å². The predicted molar refractivity (Wildman–Crippen MR) is 114 cm³/mol. The first-order valence-corrected chi connectivity index (χ1v) is 9.93. The van der Waals surface area contributed by atoms with Gasteiger partial charge in [0.15, 0.2) is 0 Å². The van der Waals surface area contributed by atoms with Gasteiger partial charge in [0.1, 0.15) is 17.6 Å². The minimum Gasteiger partial charge on any atom is -0.464 e. The van der Waals surface area contributed by atoms with E-state index >= 15 is 0 Å². The minimum absolute atomic E-state index is 0.0462. The van der Waals surface area contributed by atoms with Crippen LogP contribution in [0.1, 0.15) is 73.8 Å². The zero-order valence-electron chi connectivity index (χ0n) is 18.1. The van der Waals surface area contributed by atoms with E-state index in [0.29, 0.717) is 11.5 Å². The van der Waals surface area contributed by atoms with Gasteiger partial charge in [0.25, 0.3) is 0 Å². The molecule has 6 heteroatoms. The van der Waals surface area contributed by atoms with Gasteiger partial charge in [0, 0.05) is 7.05 Å². The second-order valence-corrected chi connectivity index (χ2v) is 9.19. The smallest absolute Gasteiger partial charge is 0.354 e. The molecular weight excluding hydrogens is 366 g/mol. The molecule has 0 bridgehead atoms. The largest absolute Gasteiger partial charge is 0.464 e. The third-order valence-corrected chi connectivity index (χ3v) is 6.29. The molecule has 1 aliphatic carbocycles. The lowest BCUT2D eigenvalue weighted by Gasteiger charge is -2.42. The number of hydrogen-bond donors (Lipinski definition) is 2. The van der Waals surface area contributed by atoms with E-state index in [1.54, 1.807) is 23.7 Å². The number of amides is 1. The van der Waals surface area contributed by atoms with Crippen molar-refractivity contribution in [1.29, 1.82) is 0 Å². The highest BCUT2D eigenvalue weighted by atomic mass is 16.5. The molecule has 0 aliphatic heterocycles. The molecule has 1 aromatic heterocycles. The topological polar surface area (TPSA) is 86.3 Å². The molecule has 0 radical (unpaired) electrons. The number of fused-ring (bicyclic) bond motifs is 1. The van der Waals surface area contributed by atoms with E-state index in [-0.39, 0.29) is 16.7 Å². The lowest BCUT2D eigenvalue weighted by Crippen LogP contribution is -2.35. The van der Waals surface area contributed by atoms with E-state index in [1.165, 1.54) is 18.2 Å². The highest BCUT2D eigenvalue weighted by Crippen LogP contribution is 2.46. The zero-order chi connectivity index (χ0) is 21.6. The van der Waals surface area contributed by atoms with Crippen LogP contribution in [0.5, 0.6) is 0 Å². The first kappa shape index (κ1) is 21.1. The monoisotopic (exact) mass is 397 g/mol. The summed E-state index contributed by atoms with van der Waals surface area (Å²) in [6, 6.07) is 8.63. The molecule has 1 aromatic carbocycles. The molecule has 1 atom stereocenters. The standard InChI is InChI=1S/C23H31N3O3/c1-22(2)11-12-23(3,4)16-13-14(7-8-15(16)22)19(24)20(27)25-18-10-9-17(26(18)5)21(28)29-6/h7-10,13,19H,11-12,24H2,1-6H3,(H,25,27). The molecular formula is C23H31N3O3. The van der Waals surface area contributed by atoms with Gasteiger partial charge in [0.2, 0.25) is 5.91 Å². The lowest BCUT2D eigenvalue weighted by atomic mass is 9.63. The number of nitrogens with zero attached hydrogens (tertiary/aromatic N) is 1. The summed E-state index contributed by atoms with van der Waals surface area (Å²) in [7, 11) is 3.01. The van der Waals surface area contributed by atoms with Gasteiger partial charge in [-0.1, -0.05) is 45.9 Å². The van der Waals surface area contributed by atoms with Crippen LogP contribution in [-0.4, -0.2) is 23.6 Å². The Bertz CT molecular complexity index is 956. The summed E-state index contributed by atoms with van der Waals surface area (Å²) in [4.78, 5) is 24.6. The molecule has 0 saturated heterocycles. The van der Waals surface area contributed by atoms with Crippen molar-refractivity contribution in [2.75, 3.05) is 12.4 Å². The number of aromatic nitrogens is 1. The molecule has 3 N–H and O–H groups in total. The van der Waals surface area contributed by atoms with E-state index in [2.05, 4.69) is 45.1 Å². The molecule has 29 heavy (non-hydrogen) atoms. The number of anilines is 1. The number of benzene rings is 1. The Kier molecular flexibility index (Phi) is 5.34. The van der Waals surface area contributed by atoms with E-state index in [4.69, 9.17) is 10.5 Å². The molecule has 1 aliphatic rings. The zero-order valence-corrected chi connectivity index (χ0v) is 18.1. The van der Waals surface area contributed by atoms with Crippen molar-refractivity contribution >= 4 is 17.7 Å².